The molecule has 2 heteroatoms. The molecule has 0 bridgehead atoms. The predicted molar refractivity (Wildman–Crippen MR) is 53.6 cm³/mol. The van der Waals surface area contributed by atoms with Crippen LogP contribution in [0.5, 0.6) is 0 Å². The van der Waals surface area contributed by atoms with Gasteiger partial charge in [-0.15, -0.1) is 0 Å². The summed E-state index contributed by atoms with van der Waals surface area (Å²) < 4.78 is 2.31. The fraction of sp³-hybridized carbons (Fsp3) is 0.700. The molecule has 1 aromatic heterocycles. The molecule has 0 aliphatic heterocycles. The molecule has 0 unspecified atom stereocenters. The van der Waals surface area contributed by atoms with Crippen molar-refractivity contribution in [3.63, 3.8) is 0 Å². The Morgan fingerprint density at radius 3 is 2.25 bits per heavy atom. The number of rotatable bonds is 1. The summed E-state index contributed by atoms with van der Waals surface area (Å²) in [5, 5.41) is 0. The molecule has 1 aromatic rings. The zero-order valence-electron chi connectivity index (χ0n) is 8.64. The fourth-order valence-electron chi connectivity index (χ4n) is 1.44. The molecule has 0 spiro atoms. The van der Waals surface area contributed by atoms with Gasteiger partial charge in [-0.1, -0.05) is 32.1 Å². The molecule has 0 atom stereocenters. The maximum Gasteiger partial charge on any atom is 0.225 e. The monoisotopic (exact) mass is 184 g/mol. The number of hydrogen-bond donors (Lipinski definition) is 0. The van der Waals surface area contributed by atoms with Gasteiger partial charge in [0.05, 0.1) is 4.88 Å². The SMILES string of the molecule is CC[n+]1csc(C(C)(C)C)c1C. The Bertz CT molecular complexity index is 268. The van der Waals surface area contributed by atoms with Gasteiger partial charge in [0, 0.05) is 12.3 Å². The zero-order valence-corrected chi connectivity index (χ0v) is 9.46. The molecular weight excluding hydrogens is 166 g/mol. The van der Waals surface area contributed by atoms with E-state index in [4.69, 9.17) is 0 Å². The van der Waals surface area contributed by atoms with Gasteiger partial charge in [-0.3, -0.25) is 0 Å². The minimum Gasteiger partial charge on any atom is -0.193 e. The number of hydrogen-bond acceptors (Lipinski definition) is 1. The maximum absolute atomic E-state index is 2.31. The van der Waals surface area contributed by atoms with Gasteiger partial charge in [-0.05, 0) is 6.92 Å². The third-order valence-corrected chi connectivity index (χ3v) is 3.58. The number of aromatic nitrogens is 1. The molecular formula is C10H18NS+. The van der Waals surface area contributed by atoms with Crippen molar-refractivity contribution in [1.82, 2.24) is 0 Å². The van der Waals surface area contributed by atoms with Crippen LogP contribution in [0.25, 0.3) is 0 Å². The van der Waals surface area contributed by atoms with Crippen molar-refractivity contribution in [1.29, 1.82) is 0 Å². The average Bonchev–Trinajstić information content (AvgIpc) is 2.29. The summed E-state index contributed by atoms with van der Waals surface area (Å²) in [4.78, 5) is 1.50. The Kier molecular flexibility index (Phi) is 2.57. The highest BCUT2D eigenvalue weighted by Crippen LogP contribution is 2.27. The lowest BCUT2D eigenvalue weighted by Gasteiger charge is -2.14. The molecule has 0 saturated carbocycles. The lowest BCUT2D eigenvalue weighted by molar-refractivity contribution is -0.695. The minimum atomic E-state index is 0.301. The normalized spacial score (nSPS) is 12.1. The molecule has 1 rings (SSSR count). The Morgan fingerprint density at radius 1 is 1.42 bits per heavy atom. The zero-order chi connectivity index (χ0) is 9.35. The fourth-order valence-corrected chi connectivity index (χ4v) is 2.62. The van der Waals surface area contributed by atoms with Crippen LogP contribution in [0, 0.1) is 6.92 Å². The van der Waals surface area contributed by atoms with E-state index in [1.165, 1.54) is 10.6 Å². The van der Waals surface area contributed by atoms with Crippen LogP contribution in [0.2, 0.25) is 0 Å². The van der Waals surface area contributed by atoms with E-state index in [-0.39, 0.29) is 0 Å². The Hall–Kier alpha value is -0.370. The van der Waals surface area contributed by atoms with Gasteiger partial charge in [0.1, 0.15) is 6.54 Å². The van der Waals surface area contributed by atoms with E-state index in [9.17, 15) is 0 Å². The molecule has 0 fully saturated rings. The highest BCUT2D eigenvalue weighted by molar-refractivity contribution is 7.09. The largest absolute Gasteiger partial charge is 0.225 e. The standard InChI is InChI=1S/C10H18NS/c1-6-11-7-12-9(8(11)2)10(3,4)5/h7H,6H2,1-5H3/q+1. The van der Waals surface area contributed by atoms with E-state index in [1.807, 2.05) is 11.3 Å². The molecule has 68 valence electrons. The molecule has 0 N–H and O–H groups in total. The number of thiazole rings is 1. The van der Waals surface area contributed by atoms with Crippen LogP contribution in [-0.2, 0) is 12.0 Å². The van der Waals surface area contributed by atoms with Gasteiger partial charge in [0.25, 0.3) is 0 Å². The van der Waals surface area contributed by atoms with Crippen LogP contribution < -0.4 is 4.57 Å². The summed E-state index contributed by atoms with van der Waals surface area (Å²) in [7, 11) is 0. The molecule has 0 amide bonds. The lowest BCUT2D eigenvalue weighted by Crippen LogP contribution is -2.33. The van der Waals surface area contributed by atoms with E-state index >= 15 is 0 Å². The van der Waals surface area contributed by atoms with Gasteiger partial charge < -0.3 is 0 Å². The third-order valence-electron chi connectivity index (χ3n) is 2.08. The third kappa shape index (κ3) is 1.69. The number of nitrogens with zero attached hydrogens (tertiary/aromatic N) is 1. The van der Waals surface area contributed by atoms with E-state index in [2.05, 4.69) is 44.7 Å². The summed E-state index contributed by atoms with van der Waals surface area (Å²) in [6, 6.07) is 0. The molecule has 0 aromatic carbocycles. The first-order valence-electron chi connectivity index (χ1n) is 4.44. The summed E-state index contributed by atoms with van der Waals surface area (Å²) in [5.41, 5.74) is 3.94. The molecule has 0 aliphatic rings. The molecule has 0 aliphatic carbocycles. The summed E-state index contributed by atoms with van der Waals surface area (Å²) >= 11 is 1.87. The van der Waals surface area contributed by atoms with E-state index in [0.29, 0.717) is 5.41 Å². The smallest absolute Gasteiger partial charge is 0.193 e. The molecule has 0 saturated heterocycles. The lowest BCUT2D eigenvalue weighted by atomic mass is 9.93. The first kappa shape index (κ1) is 9.72. The van der Waals surface area contributed by atoms with Crippen LogP contribution in [0.3, 0.4) is 0 Å². The van der Waals surface area contributed by atoms with Crippen molar-refractivity contribution in [2.45, 2.75) is 46.6 Å². The van der Waals surface area contributed by atoms with Crippen LogP contribution in [0.4, 0.5) is 0 Å². The molecule has 0 radical (unpaired) electrons. The highest BCUT2D eigenvalue weighted by atomic mass is 32.1. The van der Waals surface area contributed by atoms with E-state index in [0.717, 1.165) is 6.54 Å². The topological polar surface area (TPSA) is 3.88 Å². The van der Waals surface area contributed by atoms with Crippen molar-refractivity contribution in [3.05, 3.63) is 16.1 Å². The Morgan fingerprint density at radius 2 is 2.00 bits per heavy atom. The second kappa shape index (κ2) is 3.17. The second-order valence-electron chi connectivity index (χ2n) is 4.17. The Balaban J connectivity index is 3.11. The summed E-state index contributed by atoms with van der Waals surface area (Å²) in [6.45, 7) is 12.3. The van der Waals surface area contributed by atoms with Gasteiger partial charge in [-0.2, -0.15) is 4.57 Å². The highest BCUT2D eigenvalue weighted by Gasteiger charge is 2.24. The van der Waals surface area contributed by atoms with Crippen molar-refractivity contribution < 1.29 is 4.57 Å². The van der Waals surface area contributed by atoms with Gasteiger partial charge in [0.2, 0.25) is 5.51 Å². The second-order valence-corrected chi connectivity index (χ2v) is 5.03. The van der Waals surface area contributed by atoms with Gasteiger partial charge >= 0.3 is 0 Å². The van der Waals surface area contributed by atoms with Crippen molar-refractivity contribution >= 4 is 11.3 Å². The van der Waals surface area contributed by atoms with E-state index in [1.54, 1.807) is 0 Å². The van der Waals surface area contributed by atoms with E-state index < -0.39 is 0 Å². The van der Waals surface area contributed by atoms with Gasteiger partial charge in [0.15, 0.2) is 5.69 Å². The average molecular weight is 184 g/mol. The number of aryl methyl sites for hydroxylation is 1. The summed E-state index contributed by atoms with van der Waals surface area (Å²) in [5.74, 6) is 0. The van der Waals surface area contributed by atoms with Crippen molar-refractivity contribution in [2.24, 2.45) is 0 Å². The van der Waals surface area contributed by atoms with Gasteiger partial charge in [-0.25, -0.2) is 0 Å². The van der Waals surface area contributed by atoms with Crippen LogP contribution in [-0.4, -0.2) is 0 Å². The first-order valence-corrected chi connectivity index (χ1v) is 5.32. The maximum atomic E-state index is 2.31. The molecule has 12 heavy (non-hydrogen) atoms. The first-order chi connectivity index (χ1) is 5.46. The predicted octanol–water partition coefficient (Wildman–Crippen LogP) is 2.66. The molecule has 1 heterocycles. The minimum absolute atomic E-state index is 0.301. The van der Waals surface area contributed by atoms with Crippen LogP contribution >= 0.6 is 11.3 Å². The Labute approximate surface area is 79.1 Å². The van der Waals surface area contributed by atoms with Crippen LogP contribution in [0.15, 0.2) is 5.51 Å². The quantitative estimate of drug-likeness (QED) is 0.591. The van der Waals surface area contributed by atoms with Crippen LogP contribution in [0.1, 0.15) is 38.3 Å². The summed E-state index contributed by atoms with van der Waals surface area (Å²) in [6.07, 6.45) is 0. The molecule has 1 nitrogen and oxygen atoms in total. The van der Waals surface area contributed by atoms with Crippen molar-refractivity contribution in [3.8, 4) is 0 Å². The van der Waals surface area contributed by atoms with Crippen molar-refractivity contribution in [2.75, 3.05) is 0 Å².